The van der Waals surface area contributed by atoms with Crippen LogP contribution < -0.4 is 10.6 Å². The van der Waals surface area contributed by atoms with E-state index in [-0.39, 0.29) is 6.61 Å². The fraction of sp³-hybridized carbons (Fsp3) is 0.733. The van der Waals surface area contributed by atoms with E-state index in [4.69, 9.17) is 5.11 Å². The second kappa shape index (κ2) is 8.74. The maximum atomic E-state index is 9.04. The zero-order chi connectivity index (χ0) is 15.0. The lowest BCUT2D eigenvalue weighted by Gasteiger charge is -2.18. The molecule has 1 unspecified atom stereocenters. The topological polar surface area (TPSA) is 70.1 Å². The van der Waals surface area contributed by atoms with Crippen LogP contribution in [0.2, 0.25) is 0 Å². The second-order valence-electron chi connectivity index (χ2n) is 5.19. The van der Waals surface area contributed by atoms with E-state index in [1.165, 1.54) is 0 Å². The van der Waals surface area contributed by atoms with Gasteiger partial charge in [0.15, 0.2) is 0 Å². The second-order valence-corrected chi connectivity index (χ2v) is 5.19. The quantitative estimate of drug-likeness (QED) is 0.649. The Kier molecular flexibility index (Phi) is 7.30. The van der Waals surface area contributed by atoms with Crippen LogP contribution in [-0.4, -0.2) is 34.8 Å². The number of aromatic nitrogens is 2. The first-order valence-corrected chi connectivity index (χ1v) is 7.56. The van der Waals surface area contributed by atoms with E-state index in [1.807, 2.05) is 13.8 Å². The number of hydrogen-bond donors (Lipinski definition) is 3. The van der Waals surface area contributed by atoms with Crippen molar-refractivity contribution in [3.63, 3.8) is 0 Å². The van der Waals surface area contributed by atoms with Crippen molar-refractivity contribution < 1.29 is 5.11 Å². The molecule has 0 aliphatic heterocycles. The van der Waals surface area contributed by atoms with Gasteiger partial charge in [0.1, 0.15) is 17.5 Å². The van der Waals surface area contributed by atoms with Crippen LogP contribution >= 0.6 is 0 Å². The molecule has 1 heterocycles. The molecule has 1 rings (SSSR count). The predicted molar refractivity (Wildman–Crippen MR) is 84.3 cm³/mol. The smallest absolute Gasteiger partial charge is 0.134 e. The largest absolute Gasteiger partial charge is 0.396 e. The van der Waals surface area contributed by atoms with Gasteiger partial charge >= 0.3 is 0 Å². The molecule has 0 spiro atoms. The molecule has 0 saturated carbocycles. The summed E-state index contributed by atoms with van der Waals surface area (Å²) in [5.41, 5.74) is 1.06. The van der Waals surface area contributed by atoms with Gasteiger partial charge in [0.25, 0.3) is 0 Å². The minimum absolute atomic E-state index is 0.241. The van der Waals surface area contributed by atoms with Crippen LogP contribution in [0.3, 0.4) is 0 Å². The molecule has 0 aliphatic rings. The Morgan fingerprint density at radius 1 is 1.10 bits per heavy atom. The van der Waals surface area contributed by atoms with Gasteiger partial charge in [-0.05, 0) is 32.6 Å². The fourth-order valence-electron chi connectivity index (χ4n) is 2.09. The van der Waals surface area contributed by atoms with E-state index in [0.29, 0.717) is 5.92 Å². The van der Waals surface area contributed by atoms with Gasteiger partial charge in [-0.15, -0.1) is 0 Å². The van der Waals surface area contributed by atoms with Gasteiger partial charge < -0.3 is 15.7 Å². The first kappa shape index (κ1) is 16.7. The third-order valence-electron chi connectivity index (χ3n) is 3.47. The van der Waals surface area contributed by atoms with Crippen LogP contribution in [0.25, 0.3) is 0 Å². The third-order valence-corrected chi connectivity index (χ3v) is 3.47. The predicted octanol–water partition coefficient (Wildman–Crippen LogP) is 2.74. The highest BCUT2D eigenvalue weighted by molar-refractivity contribution is 5.57. The maximum absolute atomic E-state index is 9.04. The summed E-state index contributed by atoms with van der Waals surface area (Å²) in [6.45, 7) is 10.2. The normalized spacial score (nSPS) is 12.2. The van der Waals surface area contributed by atoms with Crippen molar-refractivity contribution in [1.82, 2.24) is 9.97 Å². The summed E-state index contributed by atoms with van der Waals surface area (Å²) in [6.07, 6.45) is 2.95. The molecule has 20 heavy (non-hydrogen) atoms. The maximum Gasteiger partial charge on any atom is 0.134 e. The van der Waals surface area contributed by atoms with Gasteiger partial charge in [0.2, 0.25) is 0 Å². The average molecular weight is 280 g/mol. The Labute approximate surface area is 122 Å². The summed E-state index contributed by atoms with van der Waals surface area (Å²) >= 11 is 0. The van der Waals surface area contributed by atoms with Gasteiger partial charge in [0.05, 0.1) is 0 Å². The molecule has 0 aliphatic carbocycles. The van der Waals surface area contributed by atoms with E-state index in [9.17, 15) is 0 Å². The number of rotatable bonds is 9. The molecule has 3 N–H and O–H groups in total. The molecule has 114 valence electrons. The molecular weight excluding hydrogens is 252 g/mol. The zero-order valence-electron chi connectivity index (χ0n) is 13.2. The Morgan fingerprint density at radius 2 is 1.75 bits per heavy atom. The molecule has 0 radical (unpaired) electrons. The van der Waals surface area contributed by atoms with E-state index in [0.717, 1.165) is 55.4 Å². The first-order valence-electron chi connectivity index (χ1n) is 7.56. The monoisotopic (exact) mass is 280 g/mol. The number of hydrogen-bond acceptors (Lipinski definition) is 5. The number of aliphatic hydroxyl groups excluding tert-OH is 1. The fourth-order valence-corrected chi connectivity index (χ4v) is 2.09. The lowest BCUT2D eigenvalue weighted by atomic mass is 10.0. The highest BCUT2D eigenvalue weighted by Crippen LogP contribution is 2.20. The van der Waals surface area contributed by atoms with Crippen LogP contribution in [0.1, 0.15) is 44.5 Å². The molecule has 0 saturated heterocycles. The van der Waals surface area contributed by atoms with Crippen molar-refractivity contribution in [3.05, 3.63) is 11.4 Å². The summed E-state index contributed by atoms with van der Waals surface area (Å²) in [4.78, 5) is 8.94. The summed E-state index contributed by atoms with van der Waals surface area (Å²) in [6, 6.07) is 0. The van der Waals surface area contributed by atoms with Gasteiger partial charge in [-0.2, -0.15) is 0 Å². The zero-order valence-corrected chi connectivity index (χ0v) is 13.2. The molecule has 0 fully saturated rings. The molecule has 0 amide bonds. The Bertz CT molecular complexity index is 409. The van der Waals surface area contributed by atoms with Gasteiger partial charge in [-0.3, -0.25) is 0 Å². The third kappa shape index (κ3) is 4.96. The van der Waals surface area contributed by atoms with Crippen molar-refractivity contribution in [3.8, 4) is 0 Å². The Morgan fingerprint density at radius 3 is 2.30 bits per heavy atom. The highest BCUT2D eigenvalue weighted by Gasteiger charge is 2.11. The van der Waals surface area contributed by atoms with Crippen molar-refractivity contribution in [2.45, 2.75) is 47.0 Å². The van der Waals surface area contributed by atoms with E-state index in [1.54, 1.807) is 0 Å². The van der Waals surface area contributed by atoms with Crippen LogP contribution in [-0.2, 0) is 0 Å². The van der Waals surface area contributed by atoms with Crippen molar-refractivity contribution >= 4 is 11.6 Å². The molecule has 0 bridgehead atoms. The summed E-state index contributed by atoms with van der Waals surface area (Å²) in [7, 11) is 0. The molecule has 5 heteroatoms. The van der Waals surface area contributed by atoms with Crippen LogP contribution in [0.4, 0.5) is 11.6 Å². The molecule has 1 aromatic rings. The summed E-state index contributed by atoms with van der Waals surface area (Å²) < 4.78 is 0. The number of anilines is 2. The average Bonchev–Trinajstić information content (AvgIpc) is 2.44. The minimum Gasteiger partial charge on any atom is -0.396 e. The number of nitrogens with zero attached hydrogens (tertiary/aromatic N) is 2. The molecule has 1 aromatic heterocycles. The van der Waals surface area contributed by atoms with E-state index >= 15 is 0 Å². The highest BCUT2D eigenvalue weighted by atomic mass is 16.3. The SMILES string of the molecule is CCCNc1nc(C)nc(NCC(CC)CCO)c1C. The van der Waals surface area contributed by atoms with E-state index in [2.05, 4.69) is 34.4 Å². The van der Waals surface area contributed by atoms with Crippen LogP contribution in [0, 0.1) is 19.8 Å². The molecule has 0 aromatic carbocycles. The summed E-state index contributed by atoms with van der Waals surface area (Å²) in [5.74, 6) is 3.05. The van der Waals surface area contributed by atoms with Crippen molar-refractivity contribution in [1.29, 1.82) is 0 Å². The molecular formula is C15H28N4O. The van der Waals surface area contributed by atoms with Gasteiger partial charge in [-0.25, -0.2) is 9.97 Å². The van der Waals surface area contributed by atoms with Gasteiger partial charge in [0, 0.05) is 25.3 Å². The lowest BCUT2D eigenvalue weighted by Crippen LogP contribution is -2.17. The van der Waals surface area contributed by atoms with Crippen LogP contribution in [0.15, 0.2) is 0 Å². The number of aliphatic hydroxyl groups is 1. The van der Waals surface area contributed by atoms with Crippen molar-refractivity contribution in [2.24, 2.45) is 5.92 Å². The Balaban J connectivity index is 2.75. The molecule has 5 nitrogen and oxygen atoms in total. The van der Waals surface area contributed by atoms with Crippen LogP contribution in [0.5, 0.6) is 0 Å². The molecule has 1 atom stereocenters. The number of aryl methyl sites for hydroxylation is 1. The standard InChI is InChI=1S/C15H28N4O/c1-5-8-16-14-11(3)15(19-12(4)18-14)17-10-13(6-2)7-9-20/h13,20H,5-10H2,1-4H3,(H2,16,17,18,19). The first-order chi connectivity index (χ1) is 9.62. The van der Waals surface area contributed by atoms with E-state index < -0.39 is 0 Å². The van der Waals surface area contributed by atoms with Gasteiger partial charge in [-0.1, -0.05) is 20.3 Å². The minimum atomic E-state index is 0.241. The number of nitrogens with one attached hydrogen (secondary N) is 2. The van der Waals surface area contributed by atoms with Crippen molar-refractivity contribution in [2.75, 3.05) is 30.3 Å². The Hall–Kier alpha value is -1.36. The summed E-state index contributed by atoms with van der Waals surface area (Å²) in [5, 5.41) is 15.8. The lowest BCUT2D eigenvalue weighted by molar-refractivity contribution is 0.258.